The standard InChI is InChI=1S/C17H21NO3/c1-12-8-9-13(5-4-10-19)14(11-12)17(20)18-15-6-3-7-16(15)21-2/h8-9,11,15-16,19H,3,6-7,10H2,1-2H3,(H,18,20). The van der Waals surface area contributed by atoms with Gasteiger partial charge in [0.15, 0.2) is 0 Å². The number of aliphatic hydroxyl groups excluding tert-OH is 1. The number of carbonyl (C=O) groups excluding carboxylic acids is 1. The van der Waals surface area contributed by atoms with Crippen molar-refractivity contribution in [2.45, 2.75) is 38.3 Å². The van der Waals surface area contributed by atoms with Crippen LogP contribution in [0, 0.1) is 18.8 Å². The molecule has 21 heavy (non-hydrogen) atoms. The third kappa shape index (κ3) is 3.84. The fraction of sp³-hybridized carbons (Fsp3) is 0.471. The summed E-state index contributed by atoms with van der Waals surface area (Å²) < 4.78 is 5.40. The topological polar surface area (TPSA) is 58.6 Å². The molecule has 2 N–H and O–H groups in total. The Kier molecular flexibility index (Phi) is 5.38. The molecule has 1 aliphatic rings. The molecule has 1 aliphatic carbocycles. The lowest BCUT2D eigenvalue weighted by Gasteiger charge is -2.20. The van der Waals surface area contributed by atoms with Gasteiger partial charge in [-0.3, -0.25) is 4.79 Å². The summed E-state index contributed by atoms with van der Waals surface area (Å²) in [4.78, 5) is 12.5. The number of benzene rings is 1. The Balaban J connectivity index is 2.20. The first-order chi connectivity index (χ1) is 10.2. The number of ether oxygens (including phenoxy) is 1. The SMILES string of the molecule is COC1CCCC1NC(=O)c1cc(C)ccc1C#CCO. The van der Waals surface area contributed by atoms with Crippen molar-refractivity contribution >= 4 is 5.91 Å². The molecule has 1 saturated carbocycles. The Bertz CT molecular complexity index is 571. The van der Waals surface area contributed by atoms with Crippen molar-refractivity contribution in [3.8, 4) is 11.8 Å². The van der Waals surface area contributed by atoms with Crippen LogP contribution in [0.3, 0.4) is 0 Å². The molecule has 0 aliphatic heterocycles. The Morgan fingerprint density at radius 2 is 2.29 bits per heavy atom. The van der Waals surface area contributed by atoms with Gasteiger partial charge < -0.3 is 15.2 Å². The van der Waals surface area contributed by atoms with Crippen LogP contribution < -0.4 is 5.32 Å². The molecule has 112 valence electrons. The van der Waals surface area contributed by atoms with E-state index in [1.54, 1.807) is 7.11 Å². The van der Waals surface area contributed by atoms with Crippen molar-refractivity contribution in [3.63, 3.8) is 0 Å². The summed E-state index contributed by atoms with van der Waals surface area (Å²) in [5.74, 6) is 5.29. The first-order valence-electron chi connectivity index (χ1n) is 7.19. The molecular formula is C17H21NO3. The van der Waals surface area contributed by atoms with E-state index in [4.69, 9.17) is 9.84 Å². The van der Waals surface area contributed by atoms with Crippen molar-refractivity contribution in [1.29, 1.82) is 0 Å². The van der Waals surface area contributed by atoms with Gasteiger partial charge in [-0.15, -0.1) is 0 Å². The number of aliphatic hydroxyl groups is 1. The molecule has 2 unspecified atom stereocenters. The normalized spacial score (nSPS) is 20.7. The molecule has 2 atom stereocenters. The first-order valence-corrected chi connectivity index (χ1v) is 7.19. The second-order valence-electron chi connectivity index (χ2n) is 5.29. The fourth-order valence-electron chi connectivity index (χ4n) is 2.71. The molecule has 0 aromatic heterocycles. The highest BCUT2D eigenvalue weighted by Gasteiger charge is 2.29. The maximum Gasteiger partial charge on any atom is 0.252 e. The molecule has 1 fully saturated rings. The van der Waals surface area contributed by atoms with Crippen LogP contribution in [-0.4, -0.2) is 36.9 Å². The van der Waals surface area contributed by atoms with E-state index in [2.05, 4.69) is 17.2 Å². The molecule has 0 heterocycles. The zero-order valence-electron chi connectivity index (χ0n) is 12.5. The third-order valence-corrected chi connectivity index (χ3v) is 3.79. The minimum atomic E-state index is -0.219. The second-order valence-corrected chi connectivity index (χ2v) is 5.29. The average molecular weight is 287 g/mol. The van der Waals surface area contributed by atoms with Crippen LogP contribution in [0.15, 0.2) is 18.2 Å². The van der Waals surface area contributed by atoms with Crippen LogP contribution in [0.2, 0.25) is 0 Å². The Hall–Kier alpha value is -1.83. The second kappa shape index (κ2) is 7.26. The van der Waals surface area contributed by atoms with Crippen molar-refractivity contribution in [1.82, 2.24) is 5.32 Å². The van der Waals surface area contributed by atoms with E-state index >= 15 is 0 Å². The van der Waals surface area contributed by atoms with Gasteiger partial charge in [0.1, 0.15) is 6.61 Å². The lowest BCUT2D eigenvalue weighted by atomic mass is 10.0. The highest BCUT2D eigenvalue weighted by molar-refractivity contribution is 5.97. The number of methoxy groups -OCH3 is 1. The summed E-state index contributed by atoms with van der Waals surface area (Å²) in [7, 11) is 1.68. The van der Waals surface area contributed by atoms with Crippen molar-refractivity contribution in [2.75, 3.05) is 13.7 Å². The summed E-state index contributed by atoms with van der Waals surface area (Å²) in [5.41, 5.74) is 2.20. The molecular weight excluding hydrogens is 266 g/mol. The number of rotatable bonds is 3. The van der Waals surface area contributed by atoms with Gasteiger partial charge in [-0.2, -0.15) is 0 Å². The lowest BCUT2D eigenvalue weighted by molar-refractivity contribution is 0.0722. The quantitative estimate of drug-likeness (QED) is 0.831. The molecule has 1 aromatic carbocycles. The molecule has 1 aromatic rings. The van der Waals surface area contributed by atoms with E-state index in [9.17, 15) is 4.79 Å². The van der Waals surface area contributed by atoms with Gasteiger partial charge in [0.25, 0.3) is 5.91 Å². The molecule has 0 radical (unpaired) electrons. The highest BCUT2D eigenvalue weighted by atomic mass is 16.5. The molecule has 0 spiro atoms. The average Bonchev–Trinajstić information content (AvgIpc) is 2.93. The monoisotopic (exact) mass is 287 g/mol. The Labute approximate surface area is 125 Å². The van der Waals surface area contributed by atoms with E-state index in [0.717, 1.165) is 24.8 Å². The number of hydrogen-bond acceptors (Lipinski definition) is 3. The van der Waals surface area contributed by atoms with Gasteiger partial charge in [0.05, 0.1) is 17.7 Å². The zero-order valence-corrected chi connectivity index (χ0v) is 12.5. The summed E-state index contributed by atoms with van der Waals surface area (Å²) in [6.07, 6.45) is 3.07. The van der Waals surface area contributed by atoms with E-state index in [1.165, 1.54) is 0 Å². The van der Waals surface area contributed by atoms with E-state index in [1.807, 2.05) is 25.1 Å². The molecule has 4 heteroatoms. The third-order valence-electron chi connectivity index (χ3n) is 3.79. The minimum absolute atomic E-state index is 0.0571. The number of amides is 1. The molecule has 1 amide bonds. The first kappa shape index (κ1) is 15.6. The summed E-state index contributed by atoms with van der Waals surface area (Å²) in [5, 5.41) is 11.9. The van der Waals surface area contributed by atoms with Crippen LogP contribution in [0.25, 0.3) is 0 Å². The van der Waals surface area contributed by atoms with Gasteiger partial charge >= 0.3 is 0 Å². The van der Waals surface area contributed by atoms with E-state index in [-0.39, 0.29) is 24.7 Å². The van der Waals surface area contributed by atoms with Crippen LogP contribution in [-0.2, 0) is 4.74 Å². The lowest BCUT2D eigenvalue weighted by Crippen LogP contribution is -2.41. The van der Waals surface area contributed by atoms with Crippen molar-refractivity contribution in [3.05, 3.63) is 34.9 Å². The predicted octanol–water partition coefficient (Wildman–Crippen LogP) is 1.64. The molecule has 4 nitrogen and oxygen atoms in total. The van der Waals surface area contributed by atoms with Crippen molar-refractivity contribution < 1.29 is 14.6 Å². The van der Waals surface area contributed by atoms with Gasteiger partial charge in [0, 0.05) is 12.7 Å². The maximum atomic E-state index is 12.5. The number of hydrogen-bond donors (Lipinski definition) is 2. The van der Waals surface area contributed by atoms with Crippen LogP contribution in [0.4, 0.5) is 0 Å². The predicted molar refractivity (Wildman–Crippen MR) is 81.0 cm³/mol. The summed E-state index contributed by atoms with van der Waals surface area (Å²) in [6.45, 7) is 1.72. The maximum absolute atomic E-state index is 12.5. The number of carbonyl (C=O) groups is 1. The van der Waals surface area contributed by atoms with Gasteiger partial charge in [-0.1, -0.05) is 23.5 Å². The fourth-order valence-corrected chi connectivity index (χ4v) is 2.71. The van der Waals surface area contributed by atoms with Crippen LogP contribution in [0.1, 0.15) is 40.7 Å². The van der Waals surface area contributed by atoms with Gasteiger partial charge in [-0.05, 0) is 38.3 Å². The Morgan fingerprint density at radius 1 is 1.48 bits per heavy atom. The summed E-state index contributed by atoms with van der Waals surface area (Å²) in [6, 6.07) is 5.61. The number of aryl methyl sites for hydroxylation is 1. The zero-order chi connectivity index (χ0) is 15.2. The van der Waals surface area contributed by atoms with E-state index in [0.29, 0.717) is 11.1 Å². The minimum Gasteiger partial charge on any atom is -0.384 e. The molecule has 0 bridgehead atoms. The largest absolute Gasteiger partial charge is 0.384 e. The van der Waals surface area contributed by atoms with Gasteiger partial charge in [0.2, 0.25) is 0 Å². The Morgan fingerprint density at radius 3 is 3.00 bits per heavy atom. The smallest absolute Gasteiger partial charge is 0.252 e. The van der Waals surface area contributed by atoms with Gasteiger partial charge in [-0.25, -0.2) is 0 Å². The molecule has 2 rings (SSSR count). The van der Waals surface area contributed by atoms with E-state index < -0.39 is 0 Å². The van der Waals surface area contributed by atoms with Crippen LogP contribution in [0.5, 0.6) is 0 Å². The molecule has 0 saturated heterocycles. The van der Waals surface area contributed by atoms with Crippen LogP contribution >= 0.6 is 0 Å². The highest BCUT2D eigenvalue weighted by Crippen LogP contribution is 2.22. The number of nitrogens with one attached hydrogen (secondary N) is 1. The van der Waals surface area contributed by atoms with Crippen molar-refractivity contribution in [2.24, 2.45) is 0 Å². The summed E-state index contributed by atoms with van der Waals surface area (Å²) >= 11 is 0.